The molecule has 0 saturated carbocycles. The fraction of sp³-hybridized carbons (Fsp3) is 0.143. The zero-order valence-corrected chi connectivity index (χ0v) is 11.3. The lowest BCUT2D eigenvalue weighted by molar-refractivity contribution is -0.141. The molecule has 0 unspecified atom stereocenters. The number of rotatable bonds is 1. The van der Waals surface area contributed by atoms with Crippen molar-refractivity contribution in [3.8, 4) is 11.9 Å². The summed E-state index contributed by atoms with van der Waals surface area (Å²) in [6.07, 6.45) is -4.73. The normalized spacial score (nSPS) is 17.4. The first-order chi connectivity index (χ1) is 10.8. The molecule has 0 spiro atoms. The van der Waals surface area contributed by atoms with Crippen molar-refractivity contribution in [1.82, 2.24) is 10.2 Å². The summed E-state index contributed by atoms with van der Waals surface area (Å²) in [5.74, 6) is -2.41. The highest BCUT2D eigenvalue weighted by atomic mass is 19.4. The standard InChI is InChI=1S/C14H8F4N4O/c15-7-3-1-6(2-4-7)9-8(5-19)12(20)23-13-10(9)11(21-22-13)14(16,17)18/h1-4,9H,20H2,(H,21,22)/t9-/m0/s1. The van der Waals surface area contributed by atoms with Gasteiger partial charge in [-0.15, -0.1) is 5.10 Å². The maximum atomic E-state index is 13.2. The van der Waals surface area contributed by atoms with E-state index in [-0.39, 0.29) is 28.5 Å². The third kappa shape index (κ3) is 2.38. The molecule has 0 fully saturated rings. The molecule has 0 bridgehead atoms. The van der Waals surface area contributed by atoms with Gasteiger partial charge in [-0.3, -0.25) is 5.10 Å². The van der Waals surface area contributed by atoms with Crippen LogP contribution in [0.4, 0.5) is 17.6 Å². The molecule has 1 aromatic carbocycles. The number of hydrogen-bond acceptors (Lipinski definition) is 4. The van der Waals surface area contributed by atoms with Gasteiger partial charge in [0, 0.05) is 0 Å². The topological polar surface area (TPSA) is 87.7 Å². The number of halogens is 4. The van der Waals surface area contributed by atoms with Crippen LogP contribution in [0.3, 0.4) is 0 Å². The molecule has 5 nitrogen and oxygen atoms in total. The Morgan fingerprint density at radius 1 is 1.26 bits per heavy atom. The molecule has 0 amide bonds. The largest absolute Gasteiger partial charge is 0.433 e. The molecule has 1 aromatic heterocycles. The number of nitrogens with two attached hydrogens (primary N) is 1. The van der Waals surface area contributed by atoms with Gasteiger partial charge in [0.2, 0.25) is 11.8 Å². The summed E-state index contributed by atoms with van der Waals surface area (Å²) >= 11 is 0. The number of ether oxygens (including phenoxy) is 1. The Balaban J connectivity index is 2.26. The zero-order chi connectivity index (χ0) is 16.8. The van der Waals surface area contributed by atoms with Gasteiger partial charge in [0.05, 0.1) is 11.5 Å². The molecule has 1 atom stereocenters. The Kier molecular flexibility index (Phi) is 3.25. The van der Waals surface area contributed by atoms with Crippen LogP contribution in [0.15, 0.2) is 35.7 Å². The minimum Gasteiger partial charge on any atom is -0.420 e. The number of nitrogens with zero attached hydrogens (tertiary/aromatic N) is 2. The molecule has 1 aliphatic heterocycles. The van der Waals surface area contributed by atoms with Crippen LogP contribution in [-0.2, 0) is 6.18 Å². The number of alkyl halides is 3. The van der Waals surface area contributed by atoms with E-state index in [4.69, 9.17) is 10.5 Å². The third-order valence-corrected chi connectivity index (χ3v) is 3.43. The molecule has 118 valence electrons. The van der Waals surface area contributed by atoms with Gasteiger partial charge < -0.3 is 10.5 Å². The Labute approximate surface area is 127 Å². The van der Waals surface area contributed by atoms with Crippen LogP contribution in [0.2, 0.25) is 0 Å². The fourth-order valence-electron chi connectivity index (χ4n) is 2.45. The van der Waals surface area contributed by atoms with Crippen molar-refractivity contribution in [2.75, 3.05) is 0 Å². The van der Waals surface area contributed by atoms with Crippen LogP contribution in [-0.4, -0.2) is 10.2 Å². The molecule has 0 radical (unpaired) electrons. The van der Waals surface area contributed by atoms with Gasteiger partial charge in [-0.05, 0) is 17.7 Å². The molecular formula is C14H8F4N4O. The van der Waals surface area contributed by atoms with Crippen molar-refractivity contribution in [2.45, 2.75) is 12.1 Å². The van der Waals surface area contributed by atoms with E-state index in [1.807, 2.05) is 5.10 Å². The summed E-state index contributed by atoms with van der Waals surface area (Å²) in [4.78, 5) is 0. The van der Waals surface area contributed by atoms with E-state index in [9.17, 15) is 22.8 Å². The summed E-state index contributed by atoms with van der Waals surface area (Å²) in [6.45, 7) is 0. The van der Waals surface area contributed by atoms with Crippen LogP contribution >= 0.6 is 0 Å². The molecule has 23 heavy (non-hydrogen) atoms. The molecule has 2 heterocycles. The van der Waals surface area contributed by atoms with Gasteiger partial charge in [-0.1, -0.05) is 12.1 Å². The lowest BCUT2D eigenvalue weighted by Crippen LogP contribution is -2.22. The van der Waals surface area contributed by atoms with E-state index in [1.54, 1.807) is 6.07 Å². The number of hydrogen-bond donors (Lipinski definition) is 2. The molecular weight excluding hydrogens is 316 g/mol. The number of benzene rings is 1. The summed E-state index contributed by atoms with van der Waals surface area (Å²) < 4.78 is 57.6. The monoisotopic (exact) mass is 324 g/mol. The number of nitrogens with one attached hydrogen (secondary N) is 1. The van der Waals surface area contributed by atoms with Crippen molar-refractivity contribution in [1.29, 1.82) is 5.26 Å². The van der Waals surface area contributed by atoms with Crippen molar-refractivity contribution < 1.29 is 22.3 Å². The number of aromatic amines is 1. The first kappa shape index (κ1) is 14.9. The lowest BCUT2D eigenvalue weighted by atomic mass is 9.84. The quantitative estimate of drug-likeness (QED) is 0.790. The van der Waals surface area contributed by atoms with Gasteiger partial charge in [0.15, 0.2) is 0 Å². The summed E-state index contributed by atoms with van der Waals surface area (Å²) in [6, 6.07) is 6.49. The lowest BCUT2D eigenvalue weighted by Gasteiger charge is -2.24. The predicted octanol–water partition coefficient (Wildman–Crippen LogP) is 2.79. The van der Waals surface area contributed by atoms with Crippen molar-refractivity contribution >= 4 is 0 Å². The van der Waals surface area contributed by atoms with Crippen molar-refractivity contribution in [2.24, 2.45) is 5.73 Å². The van der Waals surface area contributed by atoms with Gasteiger partial charge in [0.25, 0.3) is 0 Å². The van der Waals surface area contributed by atoms with Gasteiger partial charge in [0.1, 0.15) is 23.2 Å². The van der Waals surface area contributed by atoms with Gasteiger partial charge in [-0.25, -0.2) is 4.39 Å². The predicted molar refractivity (Wildman–Crippen MR) is 69.3 cm³/mol. The van der Waals surface area contributed by atoms with E-state index in [0.29, 0.717) is 0 Å². The molecule has 3 rings (SSSR count). The highest BCUT2D eigenvalue weighted by Crippen LogP contribution is 2.46. The summed E-state index contributed by atoms with van der Waals surface area (Å²) in [5, 5.41) is 14.6. The van der Waals surface area contributed by atoms with E-state index in [1.165, 1.54) is 12.1 Å². The second kappa shape index (κ2) is 5.01. The number of fused-ring (bicyclic) bond motifs is 1. The van der Waals surface area contributed by atoms with Crippen LogP contribution in [0.5, 0.6) is 5.88 Å². The number of nitriles is 1. The van der Waals surface area contributed by atoms with Crippen LogP contribution in [0.1, 0.15) is 22.7 Å². The van der Waals surface area contributed by atoms with Gasteiger partial charge >= 0.3 is 6.18 Å². The average molecular weight is 324 g/mol. The SMILES string of the molecule is N#CC1=C(N)Oc2n[nH]c(C(F)(F)F)c2[C@H]1c1ccc(F)cc1. The van der Waals surface area contributed by atoms with E-state index in [2.05, 4.69) is 5.10 Å². The Bertz CT molecular complexity index is 830. The van der Waals surface area contributed by atoms with E-state index in [0.717, 1.165) is 12.1 Å². The maximum absolute atomic E-state index is 13.2. The van der Waals surface area contributed by atoms with Crippen LogP contribution in [0.25, 0.3) is 0 Å². The second-order valence-electron chi connectivity index (χ2n) is 4.79. The minimum absolute atomic E-state index is 0.198. The summed E-state index contributed by atoms with van der Waals surface area (Å²) in [5.41, 5.74) is 4.18. The highest BCUT2D eigenvalue weighted by molar-refractivity contribution is 5.55. The third-order valence-electron chi connectivity index (χ3n) is 3.43. The average Bonchev–Trinajstić information content (AvgIpc) is 2.90. The van der Waals surface area contributed by atoms with Crippen LogP contribution in [0, 0.1) is 17.1 Å². The molecule has 3 N–H and O–H groups in total. The highest BCUT2D eigenvalue weighted by Gasteiger charge is 2.44. The molecule has 0 aliphatic carbocycles. The molecule has 0 saturated heterocycles. The van der Waals surface area contributed by atoms with Crippen molar-refractivity contribution in [3.05, 3.63) is 58.4 Å². The molecule has 1 aliphatic rings. The number of aromatic nitrogens is 2. The molecule has 2 aromatic rings. The Morgan fingerprint density at radius 2 is 1.91 bits per heavy atom. The number of H-pyrrole nitrogens is 1. The van der Waals surface area contributed by atoms with Crippen molar-refractivity contribution in [3.63, 3.8) is 0 Å². The zero-order valence-electron chi connectivity index (χ0n) is 11.3. The smallest absolute Gasteiger partial charge is 0.420 e. The first-order valence-electron chi connectivity index (χ1n) is 6.31. The Morgan fingerprint density at radius 3 is 2.48 bits per heavy atom. The van der Waals surface area contributed by atoms with Gasteiger partial charge in [-0.2, -0.15) is 18.4 Å². The van der Waals surface area contributed by atoms with E-state index < -0.39 is 23.6 Å². The van der Waals surface area contributed by atoms with E-state index >= 15 is 0 Å². The fourth-order valence-corrected chi connectivity index (χ4v) is 2.45. The number of allylic oxidation sites excluding steroid dienone is 1. The second-order valence-corrected chi connectivity index (χ2v) is 4.79. The first-order valence-corrected chi connectivity index (χ1v) is 6.31. The molecule has 9 heteroatoms. The summed E-state index contributed by atoms with van der Waals surface area (Å²) in [7, 11) is 0. The maximum Gasteiger partial charge on any atom is 0.433 e. The van der Waals surface area contributed by atoms with Crippen LogP contribution < -0.4 is 10.5 Å². The Hall–Kier alpha value is -3.02. The minimum atomic E-state index is -4.73.